The number of carbonyl (C=O) groups is 1. The second kappa shape index (κ2) is 3.49. The fraction of sp³-hybridized carbons (Fsp3) is 0.200. The van der Waals surface area contributed by atoms with Crippen LogP contribution in [-0.4, -0.2) is 20.9 Å². The number of aliphatic carboxylic acids is 1. The predicted octanol–water partition coefficient (Wildman–Crippen LogP) is 1.51. The van der Waals surface area contributed by atoms with Gasteiger partial charge in [0.15, 0.2) is 0 Å². The van der Waals surface area contributed by atoms with E-state index < -0.39 is 5.97 Å². The lowest BCUT2D eigenvalue weighted by Crippen LogP contribution is -2.05. The van der Waals surface area contributed by atoms with E-state index in [1.165, 1.54) is 0 Å². The zero-order valence-corrected chi connectivity index (χ0v) is 7.55. The van der Waals surface area contributed by atoms with Gasteiger partial charge in [-0.15, -0.1) is 0 Å². The molecule has 0 radical (unpaired) electrons. The largest absolute Gasteiger partial charge is 0.481 e. The van der Waals surface area contributed by atoms with E-state index in [1.807, 2.05) is 24.3 Å². The molecule has 0 unspecified atom stereocenters. The molecule has 1 aromatic heterocycles. The summed E-state index contributed by atoms with van der Waals surface area (Å²) in [6, 6.07) is 7.75. The molecule has 4 heteroatoms. The lowest BCUT2D eigenvalue weighted by atomic mass is 10.2. The van der Waals surface area contributed by atoms with Gasteiger partial charge in [0.05, 0.1) is 24.7 Å². The average molecular weight is 190 g/mol. The van der Waals surface area contributed by atoms with Crippen LogP contribution < -0.4 is 0 Å². The van der Waals surface area contributed by atoms with Gasteiger partial charge in [-0.2, -0.15) is 5.10 Å². The Morgan fingerprint density at radius 3 is 3.00 bits per heavy atom. The van der Waals surface area contributed by atoms with Crippen LogP contribution >= 0.6 is 0 Å². The van der Waals surface area contributed by atoms with Crippen molar-refractivity contribution in [3.63, 3.8) is 0 Å². The van der Waals surface area contributed by atoms with Gasteiger partial charge < -0.3 is 5.11 Å². The molecule has 0 saturated carbocycles. The highest BCUT2D eigenvalue weighted by molar-refractivity contribution is 5.78. The molecule has 0 aliphatic rings. The number of carboxylic acids is 1. The third-order valence-corrected chi connectivity index (χ3v) is 2.09. The molecule has 0 atom stereocenters. The molecule has 0 bridgehead atoms. The highest BCUT2D eigenvalue weighted by atomic mass is 16.4. The molecule has 0 amide bonds. The minimum atomic E-state index is -0.801. The molecule has 72 valence electrons. The van der Waals surface area contributed by atoms with Crippen molar-refractivity contribution in [3.8, 4) is 0 Å². The van der Waals surface area contributed by atoms with Crippen molar-refractivity contribution in [3.05, 3.63) is 30.5 Å². The summed E-state index contributed by atoms with van der Waals surface area (Å²) in [5, 5.41) is 13.7. The quantitative estimate of drug-likeness (QED) is 0.798. The molecule has 0 aliphatic carbocycles. The fourth-order valence-corrected chi connectivity index (χ4v) is 1.41. The number of hydrogen-bond donors (Lipinski definition) is 1. The normalized spacial score (nSPS) is 10.6. The highest BCUT2D eigenvalue weighted by Crippen LogP contribution is 2.12. The molecule has 1 aromatic carbocycles. The summed E-state index contributed by atoms with van der Waals surface area (Å²) in [5.74, 6) is -0.801. The fourth-order valence-electron chi connectivity index (χ4n) is 1.41. The van der Waals surface area contributed by atoms with E-state index in [9.17, 15) is 4.79 Å². The molecule has 4 nitrogen and oxygen atoms in total. The number of nitrogens with zero attached hydrogens (tertiary/aromatic N) is 2. The van der Waals surface area contributed by atoms with E-state index in [-0.39, 0.29) is 6.42 Å². The van der Waals surface area contributed by atoms with Crippen molar-refractivity contribution in [1.29, 1.82) is 0 Å². The van der Waals surface area contributed by atoms with Gasteiger partial charge in [0.25, 0.3) is 0 Å². The van der Waals surface area contributed by atoms with E-state index in [2.05, 4.69) is 5.10 Å². The minimum Gasteiger partial charge on any atom is -0.481 e. The van der Waals surface area contributed by atoms with Crippen molar-refractivity contribution in [2.24, 2.45) is 0 Å². The molecule has 1 N–H and O–H groups in total. The van der Waals surface area contributed by atoms with Crippen molar-refractivity contribution in [2.45, 2.75) is 13.0 Å². The topological polar surface area (TPSA) is 55.1 Å². The third kappa shape index (κ3) is 1.59. The zero-order valence-electron chi connectivity index (χ0n) is 7.55. The summed E-state index contributed by atoms with van der Waals surface area (Å²) < 4.78 is 1.71. The lowest BCUT2D eigenvalue weighted by Gasteiger charge is -1.99. The standard InChI is InChI=1S/C10H10N2O2/c13-10(14)5-6-12-9-4-2-1-3-8(9)7-11-12/h1-4,7H,5-6H2,(H,13,14). The molecule has 0 spiro atoms. The summed E-state index contributed by atoms with van der Waals surface area (Å²) in [6.45, 7) is 0.419. The first kappa shape index (κ1) is 8.74. The minimum absolute atomic E-state index is 0.103. The molecule has 1 heterocycles. The molecular formula is C10H10N2O2. The van der Waals surface area contributed by atoms with E-state index in [0.717, 1.165) is 10.9 Å². The Morgan fingerprint density at radius 1 is 1.43 bits per heavy atom. The van der Waals surface area contributed by atoms with Crippen LogP contribution in [0.3, 0.4) is 0 Å². The van der Waals surface area contributed by atoms with E-state index in [1.54, 1.807) is 10.9 Å². The second-order valence-corrected chi connectivity index (χ2v) is 3.07. The van der Waals surface area contributed by atoms with Gasteiger partial charge in [-0.05, 0) is 6.07 Å². The van der Waals surface area contributed by atoms with Crippen LogP contribution in [0, 0.1) is 0 Å². The second-order valence-electron chi connectivity index (χ2n) is 3.07. The number of rotatable bonds is 3. The zero-order chi connectivity index (χ0) is 9.97. The molecule has 2 rings (SSSR count). The van der Waals surface area contributed by atoms with Crippen molar-refractivity contribution in [1.82, 2.24) is 9.78 Å². The summed E-state index contributed by atoms with van der Waals surface area (Å²) in [5.41, 5.74) is 0.980. The Balaban J connectivity index is 2.29. The summed E-state index contributed by atoms with van der Waals surface area (Å²) in [7, 11) is 0. The Hall–Kier alpha value is -1.84. The molecule has 0 fully saturated rings. The van der Waals surface area contributed by atoms with Gasteiger partial charge in [0.1, 0.15) is 0 Å². The smallest absolute Gasteiger partial charge is 0.305 e. The van der Waals surface area contributed by atoms with Crippen LogP contribution in [0.15, 0.2) is 30.5 Å². The van der Waals surface area contributed by atoms with Gasteiger partial charge in [0.2, 0.25) is 0 Å². The SMILES string of the molecule is O=C(O)CCn1ncc2ccccc21. The summed E-state index contributed by atoms with van der Waals surface area (Å²) >= 11 is 0. The number of benzene rings is 1. The van der Waals surface area contributed by atoms with Crippen LogP contribution in [-0.2, 0) is 11.3 Å². The first-order chi connectivity index (χ1) is 6.77. The van der Waals surface area contributed by atoms with Crippen LogP contribution in [0.2, 0.25) is 0 Å². The number of hydrogen-bond acceptors (Lipinski definition) is 2. The molecule has 0 aliphatic heterocycles. The maximum absolute atomic E-state index is 10.4. The number of aryl methyl sites for hydroxylation is 1. The van der Waals surface area contributed by atoms with Crippen LogP contribution in [0.5, 0.6) is 0 Å². The van der Waals surface area contributed by atoms with Crippen LogP contribution in [0.1, 0.15) is 6.42 Å². The highest BCUT2D eigenvalue weighted by Gasteiger charge is 2.03. The number of carboxylic acid groups (broad SMARTS) is 1. The van der Waals surface area contributed by atoms with E-state index in [0.29, 0.717) is 6.54 Å². The summed E-state index contributed by atoms with van der Waals surface area (Å²) in [4.78, 5) is 10.4. The van der Waals surface area contributed by atoms with Gasteiger partial charge in [-0.3, -0.25) is 9.48 Å². The molecular weight excluding hydrogens is 180 g/mol. The van der Waals surface area contributed by atoms with Gasteiger partial charge in [-0.25, -0.2) is 0 Å². The van der Waals surface area contributed by atoms with Crippen LogP contribution in [0.4, 0.5) is 0 Å². The van der Waals surface area contributed by atoms with Crippen LogP contribution in [0.25, 0.3) is 10.9 Å². The Kier molecular flexibility index (Phi) is 2.18. The number of fused-ring (bicyclic) bond motifs is 1. The first-order valence-electron chi connectivity index (χ1n) is 4.40. The van der Waals surface area contributed by atoms with E-state index >= 15 is 0 Å². The average Bonchev–Trinajstić information content (AvgIpc) is 2.58. The van der Waals surface area contributed by atoms with Crippen molar-refractivity contribution >= 4 is 16.9 Å². The number of aromatic nitrogens is 2. The number of para-hydroxylation sites is 1. The van der Waals surface area contributed by atoms with Gasteiger partial charge >= 0.3 is 5.97 Å². The predicted molar refractivity (Wildman–Crippen MR) is 52.0 cm³/mol. The Morgan fingerprint density at radius 2 is 2.21 bits per heavy atom. The molecule has 0 saturated heterocycles. The van der Waals surface area contributed by atoms with Crippen molar-refractivity contribution < 1.29 is 9.90 Å². The maximum atomic E-state index is 10.4. The van der Waals surface area contributed by atoms with Gasteiger partial charge in [-0.1, -0.05) is 18.2 Å². The lowest BCUT2D eigenvalue weighted by molar-refractivity contribution is -0.137. The van der Waals surface area contributed by atoms with Crippen molar-refractivity contribution in [2.75, 3.05) is 0 Å². The Labute approximate surface area is 80.8 Å². The Bertz CT molecular complexity index is 462. The summed E-state index contributed by atoms with van der Waals surface area (Å²) in [6.07, 6.45) is 1.85. The van der Waals surface area contributed by atoms with E-state index in [4.69, 9.17) is 5.11 Å². The monoisotopic (exact) mass is 190 g/mol. The molecule has 2 aromatic rings. The molecule has 14 heavy (non-hydrogen) atoms. The maximum Gasteiger partial charge on any atom is 0.305 e. The van der Waals surface area contributed by atoms with Gasteiger partial charge in [0, 0.05) is 5.39 Å². The third-order valence-electron chi connectivity index (χ3n) is 2.09. The first-order valence-corrected chi connectivity index (χ1v) is 4.40.